The van der Waals surface area contributed by atoms with Crippen molar-refractivity contribution in [3.63, 3.8) is 0 Å². The molecule has 2 N–H and O–H groups in total. The van der Waals surface area contributed by atoms with E-state index in [1.54, 1.807) is 0 Å². The lowest BCUT2D eigenvalue weighted by Crippen LogP contribution is -2.27. The zero-order valence-corrected chi connectivity index (χ0v) is 12.9. The van der Waals surface area contributed by atoms with E-state index in [1.807, 2.05) is 31.2 Å². The molecule has 1 atom stereocenters. The summed E-state index contributed by atoms with van der Waals surface area (Å²) in [5.41, 5.74) is 3.12. The molecular weight excluding hydrogens is 276 g/mol. The SMILES string of the molecule is CCc1cc(NCC2CC(=O)Nc3ccccc32)nc(C)n1. The highest BCUT2D eigenvalue weighted by atomic mass is 16.1. The van der Waals surface area contributed by atoms with Crippen LogP contribution in [0.15, 0.2) is 30.3 Å². The van der Waals surface area contributed by atoms with Crippen molar-refractivity contribution < 1.29 is 4.79 Å². The Labute approximate surface area is 130 Å². The molecule has 0 spiro atoms. The number of aryl methyl sites for hydroxylation is 2. The van der Waals surface area contributed by atoms with E-state index in [-0.39, 0.29) is 11.8 Å². The Bertz CT molecular complexity index is 699. The average molecular weight is 296 g/mol. The van der Waals surface area contributed by atoms with Gasteiger partial charge >= 0.3 is 0 Å². The van der Waals surface area contributed by atoms with E-state index in [1.165, 1.54) is 5.56 Å². The molecule has 0 saturated carbocycles. The van der Waals surface area contributed by atoms with Crippen molar-refractivity contribution in [3.05, 3.63) is 47.4 Å². The van der Waals surface area contributed by atoms with Crippen molar-refractivity contribution in [1.29, 1.82) is 0 Å². The summed E-state index contributed by atoms with van der Waals surface area (Å²) in [6, 6.07) is 9.94. The van der Waals surface area contributed by atoms with Gasteiger partial charge in [-0.1, -0.05) is 25.1 Å². The van der Waals surface area contributed by atoms with Gasteiger partial charge < -0.3 is 10.6 Å². The van der Waals surface area contributed by atoms with Crippen LogP contribution in [0.2, 0.25) is 0 Å². The zero-order valence-electron chi connectivity index (χ0n) is 12.9. The number of fused-ring (bicyclic) bond motifs is 1. The number of hydrogen-bond donors (Lipinski definition) is 2. The molecule has 22 heavy (non-hydrogen) atoms. The van der Waals surface area contributed by atoms with Gasteiger partial charge in [0, 0.05) is 36.3 Å². The molecule has 1 aliphatic rings. The molecule has 1 aromatic carbocycles. The van der Waals surface area contributed by atoms with Crippen LogP contribution in [-0.4, -0.2) is 22.4 Å². The quantitative estimate of drug-likeness (QED) is 0.910. The number of anilines is 2. The number of para-hydroxylation sites is 1. The summed E-state index contributed by atoms with van der Waals surface area (Å²) in [4.78, 5) is 20.6. The van der Waals surface area contributed by atoms with Crippen LogP contribution in [0.3, 0.4) is 0 Å². The number of hydrogen-bond acceptors (Lipinski definition) is 4. The van der Waals surface area contributed by atoms with Gasteiger partial charge in [-0.15, -0.1) is 0 Å². The summed E-state index contributed by atoms with van der Waals surface area (Å²) in [5, 5.41) is 6.28. The first-order chi connectivity index (χ1) is 10.7. The molecule has 0 radical (unpaired) electrons. The van der Waals surface area contributed by atoms with E-state index < -0.39 is 0 Å². The number of nitrogens with zero attached hydrogens (tertiary/aromatic N) is 2. The third-order valence-electron chi connectivity index (χ3n) is 3.89. The number of carbonyl (C=O) groups is 1. The second kappa shape index (κ2) is 6.13. The lowest BCUT2D eigenvalue weighted by molar-refractivity contribution is -0.116. The van der Waals surface area contributed by atoms with Crippen LogP contribution in [0, 0.1) is 6.92 Å². The number of aromatic nitrogens is 2. The lowest BCUT2D eigenvalue weighted by Gasteiger charge is -2.26. The van der Waals surface area contributed by atoms with Crippen molar-refractivity contribution in [1.82, 2.24) is 9.97 Å². The fraction of sp³-hybridized carbons (Fsp3) is 0.353. The van der Waals surface area contributed by atoms with Gasteiger partial charge in [0.2, 0.25) is 5.91 Å². The molecule has 1 aromatic heterocycles. The van der Waals surface area contributed by atoms with Gasteiger partial charge in [0.15, 0.2) is 0 Å². The highest BCUT2D eigenvalue weighted by Gasteiger charge is 2.24. The van der Waals surface area contributed by atoms with E-state index in [4.69, 9.17) is 0 Å². The Morgan fingerprint density at radius 1 is 1.32 bits per heavy atom. The highest BCUT2D eigenvalue weighted by Crippen LogP contribution is 2.31. The minimum atomic E-state index is 0.0682. The summed E-state index contributed by atoms with van der Waals surface area (Å²) < 4.78 is 0. The monoisotopic (exact) mass is 296 g/mol. The molecule has 0 aliphatic carbocycles. The van der Waals surface area contributed by atoms with Crippen molar-refractivity contribution in [2.75, 3.05) is 17.2 Å². The van der Waals surface area contributed by atoms with Crippen molar-refractivity contribution >= 4 is 17.4 Å². The summed E-state index contributed by atoms with van der Waals surface area (Å²) in [6.07, 6.45) is 1.38. The van der Waals surface area contributed by atoms with Crippen molar-refractivity contribution in [2.45, 2.75) is 32.6 Å². The van der Waals surface area contributed by atoms with Crippen LogP contribution in [-0.2, 0) is 11.2 Å². The number of rotatable bonds is 4. The topological polar surface area (TPSA) is 66.9 Å². The molecule has 5 heteroatoms. The van der Waals surface area contributed by atoms with Gasteiger partial charge in [-0.2, -0.15) is 0 Å². The van der Waals surface area contributed by atoms with Gasteiger partial charge in [0.25, 0.3) is 0 Å². The Hall–Kier alpha value is -2.43. The molecule has 1 amide bonds. The van der Waals surface area contributed by atoms with Crippen LogP contribution >= 0.6 is 0 Å². The van der Waals surface area contributed by atoms with Gasteiger partial charge in [0.1, 0.15) is 11.6 Å². The maximum atomic E-state index is 11.8. The van der Waals surface area contributed by atoms with Crippen LogP contribution in [0.25, 0.3) is 0 Å². The zero-order chi connectivity index (χ0) is 15.5. The van der Waals surface area contributed by atoms with E-state index in [0.717, 1.165) is 29.4 Å². The van der Waals surface area contributed by atoms with E-state index in [9.17, 15) is 4.79 Å². The van der Waals surface area contributed by atoms with Gasteiger partial charge in [0.05, 0.1) is 0 Å². The first-order valence-electron chi connectivity index (χ1n) is 7.63. The Morgan fingerprint density at radius 3 is 2.95 bits per heavy atom. The standard InChI is InChI=1S/C17H20N4O/c1-3-13-9-16(20-11(2)19-13)18-10-12-8-17(22)21-15-7-5-4-6-14(12)15/h4-7,9,12H,3,8,10H2,1-2H3,(H,21,22)(H,18,19,20). The maximum Gasteiger partial charge on any atom is 0.225 e. The van der Waals surface area contributed by atoms with E-state index in [2.05, 4.69) is 33.6 Å². The molecule has 0 fully saturated rings. The first kappa shape index (κ1) is 14.5. The number of amides is 1. The number of carbonyl (C=O) groups excluding carboxylic acids is 1. The predicted molar refractivity (Wildman–Crippen MR) is 87.1 cm³/mol. The fourth-order valence-electron chi connectivity index (χ4n) is 2.81. The molecule has 114 valence electrons. The van der Waals surface area contributed by atoms with Crippen LogP contribution < -0.4 is 10.6 Å². The average Bonchev–Trinajstić information content (AvgIpc) is 2.51. The van der Waals surface area contributed by atoms with Gasteiger partial charge in [-0.05, 0) is 25.0 Å². The second-order valence-corrected chi connectivity index (χ2v) is 5.56. The molecule has 0 bridgehead atoms. The third kappa shape index (κ3) is 3.08. The molecule has 2 heterocycles. The summed E-state index contributed by atoms with van der Waals surface area (Å²) in [7, 11) is 0. The number of nitrogens with one attached hydrogen (secondary N) is 2. The summed E-state index contributed by atoms with van der Waals surface area (Å²) in [5.74, 6) is 1.82. The minimum absolute atomic E-state index is 0.0682. The normalized spacial score (nSPS) is 16.8. The molecule has 5 nitrogen and oxygen atoms in total. The maximum absolute atomic E-state index is 11.8. The fourth-order valence-corrected chi connectivity index (χ4v) is 2.81. The van der Waals surface area contributed by atoms with Crippen LogP contribution in [0.1, 0.15) is 36.3 Å². The van der Waals surface area contributed by atoms with Crippen LogP contribution in [0.5, 0.6) is 0 Å². The smallest absolute Gasteiger partial charge is 0.225 e. The van der Waals surface area contributed by atoms with Gasteiger partial charge in [-0.25, -0.2) is 9.97 Å². The van der Waals surface area contributed by atoms with E-state index >= 15 is 0 Å². The Morgan fingerprint density at radius 2 is 2.14 bits per heavy atom. The van der Waals surface area contributed by atoms with Crippen molar-refractivity contribution in [3.8, 4) is 0 Å². The molecule has 3 rings (SSSR count). The molecule has 0 saturated heterocycles. The highest BCUT2D eigenvalue weighted by molar-refractivity contribution is 5.94. The summed E-state index contributed by atoms with van der Waals surface area (Å²) >= 11 is 0. The third-order valence-corrected chi connectivity index (χ3v) is 3.89. The van der Waals surface area contributed by atoms with E-state index in [0.29, 0.717) is 13.0 Å². The second-order valence-electron chi connectivity index (χ2n) is 5.56. The van der Waals surface area contributed by atoms with Crippen molar-refractivity contribution in [2.24, 2.45) is 0 Å². The predicted octanol–water partition coefficient (Wildman–Crippen LogP) is 2.89. The Balaban J connectivity index is 1.77. The first-order valence-corrected chi connectivity index (χ1v) is 7.63. The summed E-state index contributed by atoms with van der Waals surface area (Å²) in [6.45, 7) is 4.66. The molecule has 1 unspecified atom stereocenters. The van der Waals surface area contributed by atoms with Gasteiger partial charge in [-0.3, -0.25) is 4.79 Å². The largest absolute Gasteiger partial charge is 0.369 e. The molecule has 1 aliphatic heterocycles. The molecule has 2 aromatic rings. The lowest BCUT2D eigenvalue weighted by atomic mass is 9.90. The Kier molecular flexibility index (Phi) is 4.04. The minimum Gasteiger partial charge on any atom is -0.369 e. The molecular formula is C17H20N4O. The number of benzene rings is 1. The van der Waals surface area contributed by atoms with Crippen LogP contribution in [0.4, 0.5) is 11.5 Å².